The van der Waals surface area contributed by atoms with Crippen molar-refractivity contribution in [2.45, 2.75) is 19.4 Å². The minimum absolute atomic E-state index is 0.0288. The molecule has 0 saturated carbocycles. The van der Waals surface area contributed by atoms with Crippen LogP contribution in [0.4, 0.5) is 10.1 Å². The molecule has 8 heteroatoms. The first kappa shape index (κ1) is 25.7. The lowest BCUT2D eigenvalue weighted by Crippen LogP contribution is -2.23. The van der Waals surface area contributed by atoms with E-state index >= 15 is 4.39 Å². The van der Waals surface area contributed by atoms with Crippen molar-refractivity contribution in [3.8, 4) is 5.75 Å². The molecule has 1 saturated heterocycles. The Kier molecular flexibility index (Phi) is 8.09. The van der Waals surface area contributed by atoms with Gasteiger partial charge in [-0.1, -0.05) is 37.4 Å². The number of methoxy groups -OCH3 is 1. The third-order valence-corrected chi connectivity index (χ3v) is 6.04. The van der Waals surface area contributed by atoms with Gasteiger partial charge in [0.15, 0.2) is 11.6 Å². The number of pyridine rings is 1. The molecule has 35 heavy (non-hydrogen) atoms. The SMILES string of the molecule is C=Cc1ccc(Cn2cc(C(=O)O)c(=O)c3cc(F)c(N4CCCC4)c(OC)c32)cc1C=C.CN. The molecule has 1 aliphatic rings. The third kappa shape index (κ3) is 4.83. The fourth-order valence-electron chi connectivity index (χ4n) is 4.48. The highest BCUT2D eigenvalue weighted by Crippen LogP contribution is 2.39. The topological polar surface area (TPSA) is 97.8 Å². The van der Waals surface area contributed by atoms with Gasteiger partial charge in [0.05, 0.1) is 18.0 Å². The fourth-order valence-corrected chi connectivity index (χ4v) is 4.48. The number of hydrogen-bond donors (Lipinski definition) is 2. The van der Waals surface area contributed by atoms with Crippen LogP contribution in [0.2, 0.25) is 0 Å². The number of fused-ring (bicyclic) bond motifs is 1. The quantitative estimate of drug-likeness (QED) is 0.523. The van der Waals surface area contributed by atoms with Crippen molar-refractivity contribution in [2.24, 2.45) is 5.73 Å². The Hall–Kier alpha value is -3.91. The second kappa shape index (κ2) is 11.0. The molecule has 0 unspecified atom stereocenters. The average molecular weight is 480 g/mol. The maximum Gasteiger partial charge on any atom is 0.341 e. The summed E-state index contributed by atoms with van der Waals surface area (Å²) in [5.41, 5.74) is 6.64. The van der Waals surface area contributed by atoms with Crippen LogP contribution in [-0.4, -0.2) is 42.9 Å². The Labute approximate surface area is 203 Å². The molecule has 4 rings (SSSR count). The Morgan fingerprint density at radius 3 is 2.40 bits per heavy atom. The summed E-state index contributed by atoms with van der Waals surface area (Å²) in [7, 11) is 2.93. The summed E-state index contributed by atoms with van der Waals surface area (Å²) >= 11 is 0. The number of carbonyl (C=O) groups is 1. The summed E-state index contributed by atoms with van der Waals surface area (Å²) in [5, 5.41) is 9.59. The summed E-state index contributed by atoms with van der Waals surface area (Å²) < 4.78 is 22.5. The van der Waals surface area contributed by atoms with E-state index in [0.717, 1.165) is 35.6 Å². The molecule has 3 aromatic rings. The van der Waals surface area contributed by atoms with Gasteiger partial charge in [-0.2, -0.15) is 0 Å². The number of carboxylic acid groups (broad SMARTS) is 1. The molecule has 1 aromatic heterocycles. The Morgan fingerprint density at radius 1 is 1.17 bits per heavy atom. The van der Waals surface area contributed by atoms with E-state index in [1.165, 1.54) is 20.4 Å². The fraction of sp³-hybridized carbons (Fsp3) is 0.259. The van der Waals surface area contributed by atoms with E-state index in [0.29, 0.717) is 24.3 Å². The van der Waals surface area contributed by atoms with Crippen molar-refractivity contribution >= 4 is 34.7 Å². The van der Waals surface area contributed by atoms with Crippen molar-refractivity contribution in [1.29, 1.82) is 0 Å². The highest BCUT2D eigenvalue weighted by molar-refractivity contribution is 5.97. The summed E-state index contributed by atoms with van der Waals surface area (Å²) in [6.07, 6.45) is 6.62. The maximum absolute atomic E-state index is 15.2. The molecule has 2 aromatic carbocycles. The van der Waals surface area contributed by atoms with Crippen molar-refractivity contribution < 1.29 is 19.0 Å². The zero-order valence-corrected chi connectivity index (χ0v) is 20.0. The predicted molar refractivity (Wildman–Crippen MR) is 139 cm³/mol. The molecule has 0 radical (unpaired) electrons. The third-order valence-electron chi connectivity index (χ3n) is 6.04. The zero-order valence-electron chi connectivity index (χ0n) is 20.0. The number of rotatable bonds is 7. The highest BCUT2D eigenvalue weighted by atomic mass is 19.1. The number of nitrogens with zero attached hydrogens (tertiary/aromatic N) is 2. The lowest BCUT2D eigenvalue weighted by molar-refractivity contribution is 0.0695. The molecule has 3 N–H and O–H groups in total. The van der Waals surface area contributed by atoms with Gasteiger partial charge in [-0.3, -0.25) is 4.79 Å². The lowest BCUT2D eigenvalue weighted by Gasteiger charge is -2.24. The number of benzene rings is 2. The Morgan fingerprint density at radius 2 is 1.83 bits per heavy atom. The largest absolute Gasteiger partial charge is 0.492 e. The smallest absolute Gasteiger partial charge is 0.341 e. The zero-order chi connectivity index (χ0) is 25.7. The first-order chi connectivity index (χ1) is 16.9. The molecule has 0 bridgehead atoms. The van der Waals surface area contributed by atoms with Crippen molar-refractivity contribution in [3.63, 3.8) is 0 Å². The summed E-state index contributed by atoms with van der Waals surface area (Å²) in [6.45, 7) is 9.25. The summed E-state index contributed by atoms with van der Waals surface area (Å²) in [4.78, 5) is 26.7. The highest BCUT2D eigenvalue weighted by Gasteiger charge is 2.27. The monoisotopic (exact) mass is 479 g/mol. The van der Waals surface area contributed by atoms with Gasteiger partial charge >= 0.3 is 5.97 Å². The average Bonchev–Trinajstić information content (AvgIpc) is 3.40. The van der Waals surface area contributed by atoms with Crippen LogP contribution >= 0.6 is 0 Å². The normalized spacial score (nSPS) is 12.7. The lowest BCUT2D eigenvalue weighted by atomic mass is 10.0. The van der Waals surface area contributed by atoms with Crippen LogP contribution in [0.5, 0.6) is 5.75 Å². The number of aromatic carboxylic acids is 1. The predicted octanol–water partition coefficient (Wildman–Crippen LogP) is 4.36. The molecule has 1 fully saturated rings. The number of nitrogens with two attached hydrogens (primary N) is 1. The number of aromatic nitrogens is 1. The molecule has 184 valence electrons. The molecular formula is C27H30FN3O4. The van der Waals surface area contributed by atoms with E-state index in [9.17, 15) is 14.7 Å². The molecule has 2 heterocycles. The van der Waals surface area contributed by atoms with Gasteiger partial charge in [0.1, 0.15) is 11.3 Å². The number of halogens is 1. The van der Waals surface area contributed by atoms with Crippen molar-refractivity contribution in [1.82, 2.24) is 4.57 Å². The van der Waals surface area contributed by atoms with E-state index in [1.807, 2.05) is 23.1 Å². The van der Waals surface area contributed by atoms with Crippen LogP contribution in [0.3, 0.4) is 0 Å². The molecule has 0 spiro atoms. The Balaban J connectivity index is 0.00000167. The summed E-state index contributed by atoms with van der Waals surface area (Å²) in [5.74, 6) is -1.74. The second-order valence-electron chi connectivity index (χ2n) is 8.01. The minimum atomic E-state index is -1.37. The molecule has 0 amide bonds. The molecule has 0 atom stereocenters. The molecule has 0 aliphatic carbocycles. The van der Waals surface area contributed by atoms with Crippen LogP contribution in [-0.2, 0) is 6.54 Å². The summed E-state index contributed by atoms with van der Waals surface area (Å²) in [6, 6.07) is 6.85. The first-order valence-electron chi connectivity index (χ1n) is 11.3. The van der Waals surface area contributed by atoms with Gasteiger partial charge in [-0.25, -0.2) is 9.18 Å². The second-order valence-corrected chi connectivity index (χ2v) is 8.01. The standard InChI is InChI=1S/C26H25FN2O4.CH5N/c1-4-17-9-8-16(12-18(17)5-2)14-29-15-20(26(31)32)24(30)19-13-21(27)23(25(33-3)22(19)29)28-10-6-7-11-28;1-2/h4-5,8-9,12-13,15H,1-2,6-7,10-11,14H2,3H3,(H,31,32);2H2,1H3. The van der Waals surface area contributed by atoms with Gasteiger partial charge in [0, 0.05) is 25.8 Å². The van der Waals surface area contributed by atoms with Crippen LogP contribution in [0.25, 0.3) is 23.1 Å². The maximum atomic E-state index is 15.2. The van der Waals surface area contributed by atoms with E-state index in [2.05, 4.69) is 18.9 Å². The van der Waals surface area contributed by atoms with Crippen LogP contribution in [0, 0.1) is 5.82 Å². The van der Waals surface area contributed by atoms with Gasteiger partial charge in [-0.15, -0.1) is 0 Å². The van der Waals surface area contributed by atoms with Crippen molar-refractivity contribution in [2.75, 3.05) is 32.1 Å². The minimum Gasteiger partial charge on any atom is -0.492 e. The van der Waals surface area contributed by atoms with E-state index in [1.54, 1.807) is 16.7 Å². The van der Waals surface area contributed by atoms with E-state index < -0.39 is 22.8 Å². The van der Waals surface area contributed by atoms with E-state index in [-0.39, 0.29) is 17.7 Å². The number of carboxylic acids is 1. The first-order valence-corrected chi connectivity index (χ1v) is 11.3. The van der Waals surface area contributed by atoms with Gasteiger partial charge in [-0.05, 0) is 48.7 Å². The van der Waals surface area contributed by atoms with Crippen molar-refractivity contribution in [3.05, 3.63) is 81.9 Å². The number of hydrogen-bond acceptors (Lipinski definition) is 5. The number of anilines is 1. The van der Waals surface area contributed by atoms with Gasteiger partial charge < -0.3 is 25.0 Å². The van der Waals surface area contributed by atoms with Gasteiger partial charge in [0.25, 0.3) is 0 Å². The van der Waals surface area contributed by atoms with Crippen LogP contribution in [0.1, 0.15) is 39.9 Å². The molecular weight excluding hydrogens is 449 g/mol. The van der Waals surface area contributed by atoms with E-state index in [4.69, 9.17) is 4.74 Å². The Bertz CT molecular complexity index is 1340. The van der Waals surface area contributed by atoms with Gasteiger partial charge in [0.2, 0.25) is 5.43 Å². The van der Waals surface area contributed by atoms with Crippen LogP contribution < -0.4 is 20.8 Å². The molecule has 7 nitrogen and oxygen atoms in total. The van der Waals surface area contributed by atoms with Crippen LogP contribution in [0.15, 0.2) is 48.4 Å². The number of ether oxygens (including phenoxy) is 1. The molecule has 1 aliphatic heterocycles.